The van der Waals surface area contributed by atoms with Gasteiger partial charge in [-0.05, 0) is 29.8 Å². The third-order valence-electron chi connectivity index (χ3n) is 3.73. The van der Waals surface area contributed by atoms with Gasteiger partial charge in [0.05, 0.1) is 18.4 Å². The van der Waals surface area contributed by atoms with Gasteiger partial charge < -0.3 is 9.64 Å². The van der Waals surface area contributed by atoms with Crippen LogP contribution in [0.15, 0.2) is 48.5 Å². The van der Waals surface area contributed by atoms with Crippen LogP contribution in [0.25, 0.3) is 11.6 Å². The predicted octanol–water partition coefficient (Wildman–Crippen LogP) is 2.99. The molecule has 0 N–H and O–H groups in total. The van der Waals surface area contributed by atoms with E-state index >= 15 is 0 Å². The smallest absolute Gasteiger partial charge is 0.337 e. The van der Waals surface area contributed by atoms with Crippen LogP contribution in [-0.4, -0.2) is 26.0 Å². The van der Waals surface area contributed by atoms with Crippen molar-refractivity contribution >= 4 is 29.2 Å². The van der Waals surface area contributed by atoms with Gasteiger partial charge in [-0.3, -0.25) is 4.79 Å². The number of methoxy groups -OCH3 is 1. The molecule has 3 rings (SSSR count). The van der Waals surface area contributed by atoms with Crippen molar-refractivity contribution in [3.63, 3.8) is 0 Å². The summed E-state index contributed by atoms with van der Waals surface area (Å²) in [6, 6.07) is 14.7. The predicted molar refractivity (Wildman–Crippen MR) is 85.5 cm³/mol. The second-order valence-corrected chi connectivity index (χ2v) is 5.05. The van der Waals surface area contributed by atoms with Crippen LogP contribution >= 0.6 is 0 Å². The number of fused-ring (bicyclic) bond motifs is 1. The maximum atomic E-state index is 12.4. The Hall–Kier alpha value is -2.88. The Morgan fingerprint density at radius 3 is 2.45 bits per heavy atom. The van der Waals surface area contributed by atoms with Gasteiger partial charge in [-0.15, -0.1) is 0 Å². The molecule has 0 saturated carbocycles. The molecule has 0 spiro atoms. The summed E-state index contributed by atoms with van der Waals surface area (Å²) in [6.45, 7) is 0. The number of anilines is 1. The third-order valence-corrected chi connectivity index (χ3v) is 3.73. The van der Waals surface area contributed by atoms with Crippen LogP contribution in [0.3, 0.4) is 0 Å². The number of amides is 1. The molecule has 0 unspecified atom stereocenters. The summed E-state index contributed by atoms with van der Waals surface area (Å²) in [7, 11) is 3.12. The molecular formula is C18H15NO3. The average molecular weight is 293 g/mol. The Kier molecular flexibility index (Phi) is 3.51. The molecule has 2 aromatic carbocycles. The number of hydrogen-bond donors (Lipinski definition) is 0. The lowest BCUT2D eigenvalue weighted by Gasteiger charge is -2.07. The number of nitrogens with zero attached hydrogens (tertiary/aromatic N) is 1. The zero-order valence-corrected chi connectivity index (χ0v) is 12.4. The number of ether oxygens (including phenoxy) is 1. The first-order valence-corrected chi connectivity index (χ1v) is 6.89. The lowest BCUT2D eigenvalue weighted by Crippen LogP contribution is -2.20. The standard InChI is InChI=1S/C18H15NO3/c1-19-16-6-4-3-5-14(16)15(17(19)20)11-12-7-9-13(10-8-12)18(21)22-2/h3-11H,1-2H3/b15-11-. The van der Waals surface area contributed by atoms with Crippen molar-refractivity contribution in [1.82, 2.24) is 0 Å². The van der Waals surface area contributed by atoms with Crippen LogP contribution in [0.1, 0.15) is 21.5 Å². The zero-order valence-electron chi connectivity index (χ0n) is 12.4. The summed E-state index contributed by atoms with van der Waals surface area (Å²) in [5.41, 5.74) is 3.84. The van der Waals surface area contributed by atoms with E-state index in [4.69, 9.17) is 0 Å². The average Bonchev–Trinajstić information content (AvgIpc) is 2.80. The zero-order chi connectivity index (χ0) is 15.7. The van der Waals surface area contributed by atoms with Gasteiger partial charge in [0.2, 0.25) is 0 Å². The van der Waals surface area contributed by atoms with E-state index in [0.29, 0.717) is 11.1 Å². The molecule has 1 aliphatic rings. The van der Waals surface area contributed by atoms with Crippen LogP contribution in [0, 0.1) is 0 Å². The van der Waals surface area contributed by atoms with Crippen molar-refractivity contribution in [2.45, 2.75) is 0 Å². The van der Waals surface area contributed by atoms with Crippen LogP contribution in [0.2, 0.25) is 0 Å². The van der Waals surface area contributed by atoms with Crippen LogP contribution in [-0.2, 0) is 9.53 Å². The largest absolute Gasteiger partial charge is 0.465 e. The highest BCUT2D eigenvalue weighted by Crippen LogP contribution is 2.36. The van der Waals surface area contributed by atoms with Gasteiger partial charge in [-0.1, -0.05) is 30.3 Å². The molecule has 0 radical (unpaired) electrons. The molecule has 0 bridgehead atoms. The fourth-order valence-electron chi connectivity index (χ4n) is 2.54. The van der Waals surface area contributed by atoms with Crippen molar-refractivity contribution in [1.29, 1.82) is 0 Å². The normalized spacial score (nSPS) is 15.1. The summed E-state index contributed by atoms with van der Waals surface area (Å²) in [6.07, 6.45) is 1.84. The molecule has 0 fully saturated rings. The highest BCUT2D eigenvalue weighted by molar-refractivity contribution is 6.35. The summed E-state index contributed by atoms with van der Waals surface area (Å²) in [4.78, 5) is 25.4. The highest BCUT2D eigenvalue weighted by atomic mass is 16.5. The van der Waals surface area contributed by atoms with Gasteiger partial charge in [0.15, 0.2) is 0 Å². The molecule has 0 atom stereocenters. The van der Waals surface area contributed by atoms with Crippen molar-refractivity contribution in [3.8, 4) is 0 Å². The van der Waals surface area contributed by atoms with Gasteiger partial charge in [-0.25, -0.2) is 4.79 Å². The minimum Gasteiger partial charge on any atom is -0.465 e. The number of carbonyl (C=O) groups excluding carboxylic acids is 2. The van der Waals surface area contributed by atoms with Crippen LogP contribution in [0.5, 0.6) is 0 Å². The number of carbonyl (C=O) groups is 2. The van der Waals surface area contributed by atoms with Crippen molar-refractivity contribution in [2.24, 2.45) is 0 Å². The van der Waals surface area contributed by atoms with E-state index in [1.807, 2.05) is 30.3 Å². The topological polar surface area (TPSA) is 46.6 Å². The molecule has 1 heterocycles. The lowest BCUT2D eigenvalue weighted by atomic mass is 10.0. The molecule has 110 valence electrons. The van der Waals surface area contributed by atoms with E-state index in [1.54, 1.807) is 36.2 Å². The van der Waals surface area contributed by atoms with Gasteiger partial charge >= 0.3 is 5.97 Å². The summed E-state index contributed by atoms with van der Waals surface area (Å²) in [5, 5.41) is 0. The first kappa shape index (κ1) is 14.1. The van der Waals surface area contributed by atoms with E-state index in [1.165, 1.54) is 7.11 Å². The van der Waals surface area contributed by atoms with E-state index < -0.39 is 0 Å². The van der Waals surface area contributed by atoms with E-state index in [0.717, 1.165) is 16.8 Å². The molecule has 4 nitrogen and oxygen atoms in total. The van der Waals surface area contributed by atoms with E-state index in [-0.39, 0.29) is 11.9 Å². The molecule has 1 amide bonds. The SMILES string of the molecule is COC(=O)c1ccc(/C=C2\C(=O)N(C)c3ccccc32)cc1. The summed E-state index contributed by atoms with van der Waals surface area (Å²) < 4.78 is 4.67. The van der Waals surface area contributed by atoms with Crippen molar-refractivity contribution < 1.29 is 14.3 Å². The Morgan fingerprint density at radius 1 is 1.09 bits per heavy atom. The molecule has 1 aliphatic heterocycles. The number of para-hydroxylation sites is 1. The fourth-order valence-corrected chi connectivity index (χ4v) is 2.54. The van der Waals surface area contributed by atoms with Gasteiger partial charge in [0.1, 0.15) is 0 Å². The summed E-state index contributed by atoms with van der Waals surface area (Å²) >= 11 is 0. The lowest BCUT2D eigenvalue weighted by molar-refractivity contribution is -0.112. The third kappa shape index (κ3) is 2.29. The number of rotatable bonds is 2. The van der Waals surface area contributed by atoms with E-state index in [9.17, 15) is 9.59 Å². The Bertz CT molecular complexity index is 775. The molecule has 0 aliphatic carbocycles. The molecule has 2 aromatic rings. The van der Waals surface area contributed by atoms with Crippen molar-refractivity contribution in [2.75, 3.05) is 19.1 Å². The first-order valence-electron chi connectivity index (χ1n) is 6.89. The minimum absolute atomic E-state index is 0.0294. The van der Waals surface area contributed by atoms with Crippen molar-refractivity contribution in [3.05, 3.63) is 65.2 Å². The van der Waals surface area contributed by atoms with Crippen LogP contribution < -0.4 is 4.90 Å². The molecular weight excluding hydrogens is 278 g/mol. The maximum absolute atomic E-state index is 12.4. The number of likely N-dealkylation sites (N-methyl/N-ethyl adjacent to an activating group) is 1. The Morgan fingerprint density at radius 2 is 1.77 bits per heavy atom. The quantitative estimate of drug-likeness (QED) is 0.631. The van der Waals surface area contributed by atoms with E-state index in [2.05, 4.69) is 4.74 Å². The van der Waals surface area contributed by atoms with Gasteiger partial charge in [0, 0.05) is 18.2 Å². The molecule has 0 saturated heterocycles. The second-order valence-electron chi connectivity index (χ2n) is 5.05. The maximum Gasteiger partial charge on any atom is 0.337 e. The molecule has 22 heavy (non-hydrogen) atoms. The highest BCUT2D eigenvalue weighted by Gasteiger charge is 2.28. The van der Waals surface area contributed by atoms with Gasteiger partial charge in [-0.2, -0.15) is 0 Å². The molecule has 0 aromatic heterocycles. The first-order chi connectivity index (χ1) is 10.6. The Balaban J connectivity index is 1.99. The number of esters is 1. The van der Waals surface area contributed by atoms with Gasteiger partial charge in [0.25, 0.3) is 5.91 Å². The van der Waals surface area contributed by atoms with Crippen LogP contribution in [0.4, 0.5) is 5.69 Å². The fraction of sp³-hybridized carbons (Fsp3) is 0.111. The Labute approximate surface area is 128 Å². The second kappa shape index (κ2) is 5.48. The molecule has 4 heteroatoms. The monoisotopic (exact) mass is 293 g/mol. The summed E-state index contributed by atoms with van der Waals surface area (Å²) in [5.74, 6) is -0.403. The minimum atomic E-state index is -0.374. The number of hydrogen-bond acceptors (Lipinski definition) is 3. The number of benzene rings is 2.